The van der Waals surface area contributed by atoms with Gasteiger partial charge in [-0.25, -0.2) is 9.59 Å². The van der Waals surface area contributed by atoms with Gasteiger partial charge in [-0.15, -0.1) is 0 Å². The molecule has 3 amide bonds. The number of hydrogen-bond donors (Lipinski definition) is 3. The number of aliphatic hydroxyl groups is 1. The van der Waals surface area contributed by atoms with E-state index in [0.717, 1.165) is 12.8 Å². The van der Waals surface area contributed by atoms with Gasteiger partial charge in [0.15, 0.2) is 0 Å². The molecule has 5 atom stereocenters. The summed E-state index contributed by atoms with van der Waals surface area (Å²) in [6.45, 7) is 2.17. The molecule has 2 aliphatic heterocycles. The van der Waals surface area contributed by atoms with E-state index in [0.29, 0.717) is 30.9 Å². The van der Waals surface area contributed by atoms with Crippen LogP contribution in [-0.2, 0) is 9.59 Å². The Labute approximate surface area is 186 Å². The second kappa shape index (κ2) is 8.82. The number of aliphatic carboxylic acids is 1. The quantitative estimate of drug-likeness (QED) is 0.433. The fraction of sp³-hybridized carbons (Fsp3) is 0.522. The molecule has 1 saturated heterocycles. The summed E-state index contributed by atoms with van der Waals surface area (Å²) in [6.07, 6.45) is 1.33. The minimum Gasteiger partial charge on any atom is -0.492 e. The molecule has 0 radical (unpaired) electrons. The first-order valence-corrected chi connectivity index (χ1v) is 11.0. The molecule has 1 saturated carbocycles. The van der Waals surface area contributed by atoms with Crippen LogP contribution in [0.5, 0.6) is 5.75 Å². The monoisotopic (exact) mass is 443 g/mol. The summed E-state index contributed by atoms with van der Waals surface area (Å²) >= 11 is 0. The largest absolute Gasteiger partial charge is 0.492 e. The predicted molar refractivity (Wildman–Crippen MR) is 115 cm³/mol. The minimum atomic E-state index is -1.16. The van der Waals surface area contributed by atoms with Crippen LogP contribution in [0.15, 0.2) is 41.6 Å². The number of carbonyl (C=O) groups is 3. The highest BCUT2D eigenvalue weighted by atomic mass is 16.5. The topological polar surface area (TPSA) is 119 Å². The first kappa shape index (κ1) is 22.1. The van der Waals surface area contributed by atoms with E-state index in [1.165, 1.54) is 9.80 Å². The van der Waals surface area contributed by atoms with Crippen molar-refractivity contribution in [1.82, 2.24) is 15.1 Å². The number of rotatable bonds is 7. The number of hydrogen-bond acceptors (Lipinski definition) is 5. The number of carbonyl (C=O) groups excluding carboxylic acids is 2. The fourth-order valence-corrected chi connectivity index (χ4v) is 5.37. The normalized spacial score (nSPS) is 27.2. The Morgan fingerprint density at radius 2 is 2.00 bits per heavy atom. The van der Waals surface area contributed by atoms with Gasteiger partial charge in [0.05, 0.1) is 30.7 Å². The van der Waals surface area contributed by atoms with Crippen molar-refractivity contribution in [3.05, 3.63) is 41.6 Å². The predicted octanol–water partition coefficient (Wildman–Crippen LogP) is 1.44. The van der Waals surface area contributed by atoms with Gasteiger partial charge in [-0.2, -0.15) is 0 Å². The number of β-lactam (4-membered cyclic amide) rings is 1. The maximum atomic E-state index is 12.8. The summed E-state index contributed by atoms with van der Waals surface area (Å²) in [5, 5.41) is 22.8. The van der Waals surface area contributed by atoms with Crippen LogP contribution in [0, 0.1) is 11.8 Å². The number of urea groups is 1. The zero-order valence-corrected chi connectivity index (χ0v) is 18.2. The molecule has 2 heterocycles. The van der Waals surface area contributed by atoms with Crippen LogP contribution in [0.1, 0.15) is 26.2 Å². The van der Waals surface area contributed by atoms with Gasteiger partial charge in [0.2, 0.25) is 5.91 Å². The van der Waals surface area contributed by atoms with E-state index < -0.39 is 24.0 Å². The number of para-hydroxylation sites is 1. The van der Waals surface area contributed by atoms with Crippen LogP contribution < -0.4 is 10.1 Å². The molecule has 1 aromatic carbocycles. The first-order valence-electron chi connectivity index (χ1n) is 11.0. The lowest BCUT2D eigenvalue weighted by molar-refractivity contribution is -0.163. The van der Waals surface area contributed by atoms with E-state index >= 15 is 0 Å². The molecule has 32 heavy (non-hydrogen) atoms. The van der Waals surface area contributed by atoms with Crippen molar-refractivity contribution in [2.75, 3.05) is 20.2 Å². The molecule has 1 unspecified atom stereocenters. The third-order valence-electron chi connectivity index (χ3n) is 6.77. The number of likely N-dealkylation sites (N-methyl/N-ethyl adjacent to an activating group) is 1. The number of fused-ring (bicyclic) bond motifs is 3. The van der Waals surface area contributed by atoms with Gasteiger partial charge >= 0.3 is 12.0 Å². The van der Waals surface area contributed by atoms with Crippen LogP contribution >= 0.6 is 0 Å². The van der Waals surface area contributed by atoms with E-state index in [1.54, 1.807) is 14.0 Å². The Morgan fingerprint density at radius 3 is 2.66 bits per heavy atom. The van der Waals surface area contributed by atoms with Crippen molar-refractivity contribution in [1.29, 1.82) is 0 Å². The van der Waals surface area contributed by atoms with E-state index in [1.807, 2.05) is 30.3 Å². The molecule has 0 bridgehead atoms. The number of carboxylic acid groups (broad SMARTS) is 1. The number of amides is 3. The van der Waals surface area contributed by atoms with Crippen LogP contribution in [0.3, 0.4) is 0 Å². The maximum absolute atomic E-state index is 12.8. The van der Waals surface area contributed by atoms with E-state index in [2.05, 4.69) is 5.32 Å². The molecule has 3 N–H and O–H groups in total. The number of nitrogens with one attached hydrogen (secondary N) is 1. The molecule has 9 heteroatoms. The molecule has 0 spiro atoms. The van der Waals surface area contributed by atoms with Gasteiger partial charge in [-0.05, 0) is 37.5 Å². The fourth-order valence-electron chi connectivity index (χ4n) is 5.37. The van der Waals surface area contributed by atoms with Crippen LogP contribution in [0.25, 0.3) is 0 Å². The summed E-state index contributed by atoms with van der Waals surface area (Å²) < 4.78 is 5.59. The van der Waals surface area contributed by atoms with Crippen molar-refractivity contribution in [2.45, 2.75) is 44.4 Å². The van der Waals surface area contributed by atoms with Crippen molar-refractivity contribution in [2.24, 2.45) is 11.8 Å². The molecule has 172 valence electrons. The molecule has 2 fully saturated rings. The van der Waals surface area contributed by atoms with E-state index in [9.17, 15) is 24.6 Å². The zero-order chi connectivity index (χ0) is 23.0. The standard InChI is InChI=1S/C23H29N3O6/c1-13(27)17-19-15-9-6-10-16(18(15)20(22(29)30)26(19)21(17)28)25(2)23(31)24-11-12-32-14-7-4-3-5-8-14/h3-5,7-8,13,15-17,19,27H,6,9-12H2,1-2H3,(H,24,31)(H,29,30)/t13?,15-,16-,17+,19+/m0/s1. The number of ether oxygens (including phenoxy) is 1. The lowest BCUT2D eigenvalue weighted by atomic mass is 9.71. The number of nitrogens with zero attached hydrogens (tertiary/aromatic N) is 2. The third kappa shape index (κ3) is 3.70. The lowest BCUT2D eigenvalue weighted by Crippen LogP contribution is -2.64. The summed E-state index contributed by atoms with van der Waals surface area (Å²) in [6, 6.07) is 8.22. The summed E-state index contributed by atoms with van der Waals surface area (Å²) in [5.41, 5.74) is 0.613. The number of carboxylic acids is 1. The van der Waals surface area contributed by atoms with Crippen molar-refractivity contribution >= 4 is 17.9 Å². The third-order valence-corrected chi connectivity index (χ3v) is 6.77. The first-order chi connectivity index (χ1) is 15.3. The van der Waals surface area contributed by atoms with E-state index in [4.69, 9.17) is 4.74 Å². The van der Waals surface area contributed by atoms with Crippen LogP contribution in [0.2, 0.25) is 0 Å². The highest BCUT2D eigenvalue weighted by Gasteiger charge is 2.62. The molecule has 1 aromatic rings. The molecule has 9 nitrogen and oxygen atoms in total. The van der Waals surface area contributed by atoms with Gasteiger partial charge in [-0.1, -0.05) is 24.6 Å². The van der Waals surface area contributed by atoms with Gasteiger partial charge in [0, 0.05) is 13.0 Å². The van der Waals surface area contributed by atoms with Crippen molar-refractivity contribution < 1.29 is 29.3 Å². The van der Waals surface area contributed by atoms with Gasteiger partial charge in [-0.3, -0.25) is 4.79 Å². The highest BCUT2D eigenvalue weighted by molar-refractivity contribution is 6.00. The molecule has 1 aliphatic carbocycles. The zero-order valence-electron chi connectivity index (χ0n) is 18.2. The summed E-state index contributed by atoms with van der Waals surface area (Å²) in [7, 11) is 1.65. The second-order valence-electron chi connectivity index (χ2n) is 8.63. The Morgan fingerprint density at radius 1 is 1.28 bits per heavy atom. The Bertz CT molecular complexity index is 931. The average molecular weight is 444 g/mol. The Hall–Kier alpha value is -3.07. The van der Waals surface area contributed by atoms with Crippen LogP contribution in [0.4, 0.5) is 4.79 Å². The minimum absolute atomic E-state index is 0.0151. The van der Waals surface area contributed by atoms with Gasteiger partial charge < -0.3 is 30.1 Å². The Balaban J connectivity index is 1.45. The smallest absolute Gasteiger partial charge is 0.352 e. The van der Waals surface area contributed by atoms with Crippen molar-refractivity contribution in [3.63, 3.8) is 0 Å². The SMILES string of the molecule is CC(O)[C@H]1C(=O)N2C(C(=O)O)=C3[C@H](CCC[C@@H]3N(C)C(=O)NCCOc3ccccc3)[C@H]12. The van der Waals surface area contributed by atoms with Crippen LogP contribution in [-0.4, -0.2) is 76.3 Å². The van der Waals surface area contributed by atoms with Crippen molar-refractivity contribution in [3.8, 4) is 5.75 Å². The molecule has 4 rings (SSSR count). The Kier molecular flexibility index (Phi) is 6.10. The van der Waals surface area contributed by atoms with E-state index in [-0.39, 0.29) is 29.6 Å². The summed E-state index contributed by atoms with van der Waals surface area (Å²) in [4.78, 5) is 40.4. The second-order valence-corrected chi connectivity index (χ2v) is 8.63. The highest BCUT2D eigenvalue weighted by Crippen LogP contribution is 2.52. The lowest BCUT2D eigenvalue weighted by Gasteiger charge is -2.48. The average Bonchev–Trinajstić information content (AvgIpc) is 3.07. The molecule has 0 aromatic heterocycles. The van der Waals surface area contributed by atoms with Gasteiger partial charge in [0.1, 0.15) is 18.1 Å². The number of benzene rings is 1. The molecular formula is C23H29N3O6. The molecule has 3 aliphatic rings. The van der Waals surface area contributed by atoms with Gasteiger partial charge in [0.25, 0.3) is 0 Å². The number of aliphatic hydroxyl groups excluding tert-OH is 1. The molecular weight excluding hydrogens is 414 g/mol. The summed E-state index contributed by atoms with van der Waals surface area (Å²) in [5.74, 6) is -1.56. The maximum Gasteiger partial charge on any atom is 0.352 e.